The maximum absolute atomic E-state index is 8.63. The quantitative estimate of drug-likeness (QED) is 0.587. The third-order valence-electron chi connectivity index (χ3n) is 1.23. The Morgan fingerprint density at radius 2 is 1.57 bits per heavy atom. The van der Waals surface area contributed by atoms with E-state index in [1.54, 1.807) is 36.4 Å². The van der Waals surface area contributed by atoms with Gasteiger partial charge in [-0.2, -0.15) is 0 Å². The van der Waals surface area contributed by atoms with Crippen molar-refractivity contribution in [3.63, 3.8) is 0 Å². The highest BCUT2D eigenvalue weighted by Gasteiger charge is 1.74. The van der Waals surface area contributed by atoms with Crippen LogP contribution < -0.4 is 0 Å². The molecular weight excluding hydrogens is 176 g/mol. The van der Waals surface area contributed by atoms with Crippen LogP contribution in [-0.2, 0) is 4.74 Å². The Hall–Kier alpha value is -1.54. The lowest BCUT2D eigenvalue weighted by atomic mass is 10.3. The number of phenols is 1. The van der Waals surface area contributed by atoms with Gasteiger partial charge in [-0.1, -0.05) is 30.4 Å². The zero-order valence-electron chi connectivity index (χ0n) is 8.23. The third kappa shape index (κ3) is 8.56. The third-order valence-corrected chi connectivity index (χ3v) is 1.23. The van der Waals surface area contributed by atoms with Crippen molar-refractivity contribution >= 4 is 0 Å². The zero-order chi connectivity index (χ0) is 10.6. The van der Waals surface area contributed by atoms with Crippen molar-refractivity contribution in [2.24, 2.45) is 0 Å². The number of ether oxygens (including phenoxy) is 1. The topological polar surface area (TPSA) is 29.5 Å². The van der Waals surface area contributed by atoms with E-state index in [0.717, 1.165) is 0 Å². The number of rotatable bonds is 4. The summed E-state index contributed by atoms with van der Waals surface area (Å²) in [7, 11) is 0. The zero-order valence-corrected chi connectivity index (χ0v) is 8.23. The molecule has 0 amide bonds. The minimum Gasteiger partial charge on any atom is -0.508 e. The van der Waals surface area contributed by atoms with Crippen LogP contribution in [-0.4, -0.2) is 18.3 Å². The van der Waals surface area contributed by atoms with Gasteiger partial charge in [0.2, 0.25) is 0 Å². The molecule has 0 spiro atoms. The molecule has 0 heterocycles. The Bertz CT molecular complexity index is 234. The second-order valence-electron chi connectivity index (χ2n) is 2.45. The van der Waals surface area contributed by atoms with Crippen LogP contribution in [0.5, 0.6) is 5.75 Å². The van der Waals surface area contributed by atoms with Gasteiger partial charge in [0.1, 0.15) is 5.75 Å². The maximum atomic E-state index is 8.63. The van der Waals surface area contributed by atoms with Gasteiger partial charge in [-0.05, 0) is 12.1 Å². The molecule has 0 bridgehead atoms. The summed E-state index contributed by atoms with van der Waals surface area (Å²) in [6.07, 6.45) is 3.42. The second kappa shape index (κ2) is 9.55. The van der Waals surface area contributed by atoms with E-state index < -0.39 is 0 Å². The lowest BCUT2D eigenvalue weighted by Crippen LogP contribution is -1.87. The molecule has 14 heavy (non-hydrogen) atoms. The summed E-state index contributed by atoms with van der Waals surface area (Å²) in [4.78, 5) is 0. The first-order valence-electron chi connectivity index (χ1n) is 4.34. The normalized spacial score (nSPS) is 8.29. The van der Waals surface area contributed by atoms with Crippen LogP contribution in [0.4, 0.5) is 0 Å². The van der Waals surface area contributed by atoms with Crippen molar-refractivity contribution in [3.05, 3.63) is 55.6 Å². The Balaban J connectivity index is 0.000000241. The number of phenolic OH excluding ortho intramolecular Hbond substituents is 1. The largest absolute Gasteiger partial charge is 0.508 e. The minimum absolute atomic E-state index is 0.322. The van der Waals surface area contributed by atoms with Gasteiger partial charge in [0.15, 0.2) is 0 Å². The molecule has 0 saturated heterocycles. The minimum atomic E-state index is 0.322. The van der Waals surface area contributed by atoms with Gasteiger partial charge < -0.3 is 9.84 Å². The second-order valence-corrected chi connectivity index (χ2v) is 2.45. The molecule has 0 aliphatic heterocycles. The molecule has 1 rings (SSSR count). The van der Waals surface area contributed by atoms with E-state index in [0.29, 0.717) is 19.0 Å². The maximum Gasteiger partial charge on any atom is 0.115 e. The van der Waals surface area contributed by atoms with Crippen LogP contribution in [0.15, 0.2) is 55.6 Å². The summed E-state index contributed by atoms with van der Waals surface area (Å²) in [6, 6.07) is 8.71. The number of para-hydroxylation sites is 1. The molecule has 0 fully saturated rings. The molecule has 0 unspecified atom stereocenters. The summed E-state index contributed by atoms with van der Waals surface area (Å²) in [5.41, 5.74) is 0. The fourth-order valence-corrected chi connectivity index (χ4v) is 0.663. The van der Waals surface area contributed by atoms with Crippen molar-refractivity contribution in [1.29, 1.82) is 0 Å². The van der Waals surface area contributed by atoms with E-state index in [2.05, 4.69) is 13.2 Å². The van der Waals surface area contributed by atoms with Gasteiger partial charge >= 0.3 is 0 Å². The van der Waals surface area contributed by atoms with Crippen LogP contribution in [0, 0.1) is 0 Å². The summed E-state index contributed by atoms with van der Waals surface area (Å²) in [5, 5.41) is 8.63. The molecule has 76 valence electrons. The van der Waals surface area contributed by atoms with E-state index in [1.165, 1.54) is 0 Å². The molecule has 0 aliphatic rings. The number of aromatic hydroxyl groups is 1. The Morgan fingerprint density at radius 1 is 1.07 bits per heavy atom. The van der Waals surface area contributed by atoms with Crippen LogP contribution in [0.1, 0.15) is 0 Å². The number of benzene rings is 1. The molecule has 0 atom stereocenters. The van der Waals surface area contributed by atoms with Gasteiger partial charge in [-0.15, -0.1) is 13.2 Å². The molecule has 0 aromatic heterocycles. The lowest BCUT2D eigenvalue weighted by Gasteiger charge is -1.89. The van der Waals surface area contributed by atoms with E-state index in [4.69, 9.17) is 9.84 Å². The molecular formula is C12H16O2. The van der Waals surface area contributed by atoms with E-state index in [-0.39, 0.29) is 0 Å². The predicted molar refractivity (Wildman–Crippen MR) is 59.3 cm³/mol. The van der Waals surface area contributed by atoms with Gasteiger partial charge in [0.05, 0.1) is 13.2 Å². The molecule has 1 aromatic carbocycles. The summed E-state index contributed by atoms with van der Waals surface area (Å²) >= 11 is 0. The van der Waals surface area contributed by atoms with E-state index in [1.807, 2.05) is 6.07 Å². The van der Waals surface area contributed by atoms with Gasteiger partial charge in [0, 0.05) is 0 Å². The van der Waals surface area contributed by atoms with Gasteiger partial charge in [-0.3, -0.25) is 0 Å². The number of hydrogen-bond donors (Lipinski definition) is 1. The van der Waals surface area contributed by atoms with Crippen LogP contribution in [0.25, 0.3) is 0 Å². The summed E-state index contributed by atoms with van der Waals surface area (Å²) in [6.45, 7) is 8.18. The first-order chi connectivity index (χ1) is 6.81. The van der Waals surface area contributed by atoms with Crippen molar-refractivity contribution in [1.82, 2.24) is 0 Å². The van der Waals surface area contributed by atoms with E-state index >= 15 is 0 Å². The van der Waals surface area contributed by atoms with Crippen LogP contribution in [0.2, 0.25) is 0 Å². The lowest BCUT2D eigenvalue weighted by molar-refractivity contribution is 0.194. The molecule has 2 heteroatoms. The van der Waals surface area contributed by atoms with Crippen molar-refractivity contribution in [3.8, 4) is 5.75 Å². The van der Waals surface area contributed by atoms with Gasteiger partial charge in [0.25, 0.3) is 0 Å². The molecule has 1 N–H and O–H groups in total. The average molecular weight is 192 g/mol. The molecule has 0 radical (unpaired) electrons. The monoisotopic (exact) mass is 192 g/mol. The van der Waals surface area contributed by atoms with Crippen LogP contribution in [0.3, 0.4) is 0 Å². The van der Waals surface area contributed by atoms with Gasteiger partial charge in [-0.25, -0.2) is 0 Å². The molecule has 0 saturated carbocycles. The average Bonchev–Trinajstić information content (AvgIpc) is 2.21. The smallest absolute Gasteiger partial charge is 0.115 e. The van der Waals surface area contributed by atoms with E-state index in [9.17, 15) is 0 Å². The molecule has 0 aliphatic carbocycles. The van der Waals surface area contributed by atoms with Crippen molar-refractivity contribution in [2.45, 2.75) is 0 Å². The Labute approximate surface area is 85.2 Å². The Kier molecular flexibility index (Phi) is 8.50. The SMILES string of the molecule is C=CCOCC=C.Oc1ccccc1. The first-order valence-corrected chi connectivity index (χ1v) is 4.34. The predicted octanol–water partition coefficient (Wildman–Crippen LogP) is 2.77. The highest BCUT2D eigenvalue weighted by molar-refractivity contribution is 5.18. The van der Waals surface area contributed by atoms with Crippen LogP contribution >= 0.6 is 0 Å². The number of hydrogen-bond acceptors (Lipinski definition) is 2. The highest BCUT2D eigenvalue weighted by Crippen LogP contribution is 2.02. The highest BCUT2D eigenvalue weighted by atomic mass is 16.5. The van der Waals surface area contributed by atoms with Crippen molar-refractivity contribution < 1.29 is 9.84 Å². The fourth-order valence-electron chi connectivity index (χ4n) is 0.663. The first kappa shape index (κ1) is 12.5. The van der Waals surface area contributed by atoms with Crippen molar-refractivity contribution in [2.75, 3.05) is 13.2 Å². The Morgan fingerprint density at radius 3 is 1.86 bits per heavy atom. The molecule has 2 nitrogen and oxygen atoms in total. The summed E-state index contributed by atoms with van der Waals surface area (Å²) in [5.74, 6) is 0.322. The summed E-state index contributed by atoms with van der Waals surface area (Å²) < 4.78 is 4.90. The standard InChI is InChI=1S/C6H6O.C6H10O/c7-6-4-2-1-3-5-6;1-3-5-7-6-4-2/h1-5,7H;3-4H,1-2,5-6H2. The molecule has 1 aromatic rings. The fraction of sp³-hybridized carbons (Fsp3) is 0.167.